The molecule has 0 radical (unpaired) electrons. The molecule has 0 unspecified atom stereocenters. The molecule has 2 aromatic heterocycles. The van der Waals surface area contributed by atoms with Crippen LogP contribution in [-0.4, -0.2) is 20.6 Å². The third-order valence-electron chi connectivity index (χ3n) is 4.88. The molecule has 0 spiro atoms. The predicted octanol–water partition coefficient (Wildman–Crippen LogP) is 3.01. The van der Waals surface area contributed by atoms with Gasteiger partial charge in [-0.2, -0.15) is 0 Å². The number of imidazole rings is 1. The normalized spacial score (nSPS) is 18.8. The Balaban J connectivity index is 1.52. The molecule has 0 aliphatic heterocycles. The lowest BCUT2D eigenvalue weighted by atomic mass is 9.84. The molecule has 0 bridgehead atoms. The van der Waals surface area contributed by atoms with Gasteiger partial charge in [0.05, 0.1) is 18.4 Å². The molecule has 2 amide bonds. The molecule has 2 heterocycles. The number of nitrogens with zero attached hydrogens (tertiary/aromatic N) is 3. The van der Waals surface area contributed by atoms with Crippen molar-refractivity contribution in [1.82, 2.24) is 25.2 Å². The summed E-state index contributed by atoms with van der Waals surface area (Å²) in [6.45, 7) is 0.471. The van der Waals surface area contributed by atoms with E-state index in [9.17, 15) is 4.79 Å². The number of carbonyl (C=O) groups is 1. The van der Waals surface area contributed by atoms with Crippen LogP contribution in [0.25, 0.3) is 0 Å². The van der Waals surface area contributed by atoms with E-state index in [1.165, 1.54) is 11.1 Å². The van der Waals surface area contributed by atoms with Crippen molar-refractivity contribution in [3.8, 4) is 0 Å². The lowest BCUT2D eigenvalue weighted by molar-refractivity contribution is 0.227. The molecule has 3 aromatic rings. The number of carbonyl (C=O) groups excluding carboxylic acids is 1. The standard InChI is InChI=1S/C20H21N5O/c26-20(23-13-15-7-9-21-10-8-15)24-19-17-4-2-1-3-16(17)5-6-18(19)25-12-11-22-14-25/h1-4,7-12,14,18-19H,5-6,13H2,(H2,23,24,26)/t18-,19+/m1/s1. The van der Waals surface area contributed by atoms with Gasteiger partial charge in [0.15, 0.2) is 0 Å². The number of amides is 2. The number of fused-ring (bicyclic) bond motifs is 1. The third-order valence-corrected chi connectivity index (χ3v) is 4.88. The van der Waals surface area contributed by atoms with Crippen molar-refractivity contribution in [3.63, 3.8) is 0 Å². The van der Waals surface area contributed by atoms with Crippen LogP contribution in [0, 0.1) is 0 Å². The number of hydrogen-bond acceptors (Lipinski definition) is 3. The van der Waals surface area contributed by atoms with Crippen LogP contribution in [-0.2, 0) is 13.0 Å². The summed E-state index contributed by atoms with van der Waals surface area (Å²) in [5.41, 5.74) is 3.49. The molecule has 6 nitrogen and oxygen atoms in total. The average Bonchev–Trinajstić information content (AvgIpc) is 3.22. The summed E-state index contributed by atoms with van der Waals surface area (Å²) in [6, 6.07) is 12.0. The highest BCUT2D eigenvalue weighted by atomic mass is 16.2. The van der Waals surface area contributed by atoms with E-state index in [4.69, 9.17) is 0 Å². The number of aromatic nitrogens is 3. The molecule has 1 aliphatic carbocycles. The van der Waals surface area contributed by atoms with Crippen LogP contribution in [0.2, 0.25) is 0 Å². The largest absolute Gasteiger partial charge is 0.334 e. The second-order valence-corrected chi connectivity index (χ2v) is 6.47. The van der Waals surface area contributed by atoms with E-state index in [-0.39, 0.29) is 18.1 Å². The Hall–Kier alpha value is -3.15. The first kappa shape index (κ1) is 16.3. The molecule has 132 valence electrons. The Morgan fingerprint density at radius 2 is 1.96 bits per heavy atom. The fraction of sp³-hybridized carbons (Fsp3) is 0.250. The fourth-order valence-electron chi connectivity index (χ4n) is 3.58. The molecular formula is C20H21N5O. The summed E-state index contributed by atoms with van der Waals surface area (Å²) < 4.78 is 2.09. The smallest absolute Gasteiger partial charge is 0.315 e. The number of hydrogen-bond donors (Lipinski definition) is 2. The van der Waals surface area contributed by atoms with E-state index in [2.05, 4.69) is 43.4 Å². The Kier molecular flexibility index (Phi) is 4.64. The van der Waals surface area contributed by atoms with Gasteiger partial charge in [0.1, 0.15) is 0 Å². The van der Waals surface area contributed by atoms with Gasteiger partial charge in [-0.05, 0) is 41.7 Å². The van der Waals surface area contributed by atoms with Crippen LogP contribution >= 0.6 is 0 Å². The molecule has 1 aromatic carbocycles. The third kappa shape index (κ3) is 3.44. The Morgan fingerprint density at radius 1 is 1.12 bits per heavy atom. The van der Waals surface area contributed by atoms with Gasteiger partial charge >= 0.3 is 6.03 Å². The van der Waals surface area contributed by atoms with Crippen molar-refractivity contribution < 1.29 is 4.79 Å². The maximum absolute atomic E-state index is 12.5. The van der Waals surface area contributed by atoms with E-state index >= 15 is 0 Å². The molecule has 6 heteroatoms. The van der Waals surface area contributed by atoms with Crippen molar-refractivity contribution in [2.45, 2.75) is 31.5 Å². The zero-order valence-corrected chi connectivity index (χ0v) is 14.4. The quantitative estimate of drug-likeness (QED) is 0.762. The second-order valence-electron chi connectivity index (χ2n) is 6.47. The molecule has 0 saturated heterocycles. The molecule has 4 rings (SSSR count). The Labute approximate surface area is 152 Å². The first-order chi connectivity index (χ1) is 12.8. The van der Waals surface area contributed by atoms with E-state index < -0.39 is 0 Å². The zero-order chi connectivity index (χ0) is 17.8. The minimum absolute atomic E-state index is 0.0911. The van der Waals surface area contributed by atoms with Crippen molar-refractivity contribution in [2.75, 3.05) is 0 Å². The first-order valence-electron chi connectivity index (χ1n) is 8.80. The van der Waals surface area contributed by atoms with Crippen LogP contribution in [0.1, 0.15) is 35.2 Å². The molecule has 26 heavy (non-hydrogen) atoms. The maximum atomic E-state index is 12.5. The Morgan fingerprint density at radius 3 is 2.77 bits per heavy atom. The van der Waals surface area contributed by atoms with E-state index in [0.29, 0.717) is 6.54 Å². The lowest BCUT2D eigenvalue weighted by Gasteiger charge is -2.35. The van der Waals surface area contributed by atoms with Crippen LogP contribution < -0.4 is 10.6 Å². The highest BCUT2D eigenvalue weighted by Gasteiger charge is 2.31. The van der Waals surface area contributed by atoms with Crippen LogP contribution in [0.15, 0.2) is 67.5 Å². The van der Waals surface area contributed by atoms with Crippen molar-refractivity contribution in [2.24, 2.45) is 0 Å². The molecule has 0 saturated carbocycles. The number of urea groups is 1. The summed E-state index contributed by atoms with van der Waals surface area (Å²) in [5, 5.41) is 6.11. The topological polar surface area (TPSA) is 71.8 Å². The molecular weight excluding hydrogens is 326 g/mol. The number of pyridine rings is 1. The molecule has 0 fully saturated rings. The van der Waals surface area contributed by atoms with Gasteiger partial charge in [-0.15, -0.1) is 0 Å². The number of rotatable bonds is 4. The van der Waals surface area contributed by atoms with Crippen molar-refractivity contribution >= 4 is 6.03 Å². The van der Waals surface area contributed by atoms with Crippen LogP contribution in [0.3, 0.4) is 0 Å². The van der Waals surface area contributed by atoms with Crippen molar-refractivity contribution in [3.05, 3.63) is 84.2 Å². The summed E-state index contributed by atoms with van der Waals surface area (Å²) in [4.78, 5) is 20.7. The number of nitrogens with one attached hydrogen (secondary N) is 2. The summed E-state index contributed by atoms with van der Waals surface area (Å²) in [7, 11) is 0. The average molecular weight is 347 g/mol. The summed E-state index contributed by atoms with van der Waals surface area (Å²) in [5.74, 6) is 0. The summed E-state index contributed by atoms with van der Waals surface area (Å²) >= 11 is 0. The van der Waals surface area contributed by atoms with E-state index in [1.54, 1.807) is 18.6 Å². The summed E-state index contributed by atoms with van der Waals surface area (Å²) in [6.07, 6.45) is 11.0. The fourth-order valence-corrected chi connectivity index (χ4v) is 3.58. The highest BCUT2D eigenvalue weighted by molar-refractivity contribution is 5.74. The van der Waals surface area contributed by atoms with Gasteiger partial charge in [-0.25, -0.2) is 9.78 Å². The van der Waals surface area contributed by atoms with E-state index in [1.807, 2.05) is 30.7 Å². The first-order valence-corrected chi connectivity index (χ1v) is 8.80. The molecule has 2 N–H and O–H groups in total. The number of aryl methyl sites for hydroxylation is 1. The zero-order valence-electron chi connectivity index (χ0n) is 14.4. The van der Waals surface area contributed by atoms with Crippen LogP contribution in [0.4, 0.5) is 4.79 Å². The second kappa shape index (κ2) is 7.39. The SMILES string of the molecule is O=C(NCc1ccncc1)N[C@H]1c2ccccc2CC[C@H]1n1ccnc1. The number of benzene rings is 1. The maximum Gasteiger partial charge on any atom is 0.315 e. The van der Waals surface area contributed by atoms with E-state index in [0.717, 1.165) is 18.4 Å². The van der Waals surface area contributed by atoms with Gasteiger partial charge in [0.25, 0.3) is 0 Å². The monoisotopic (exact) mass is 347 g/mol. The van der Waals surface area contributed by atoms with Crippen LogP contribution in [0.5, 0.6) is 0 Å². The molecule has 1 aliphatic rings. The lowest BCUT2D eigenvalue weighted by Crippen LogP contribution is -2.42. The van der Waals surface area contributed by atoms with Gasteiger partial charge in [0, 0.05) is 31.3 Å². The Bertz CT molecular complexity index is 863. The minimum Gasteiger partial charge on any atom is -0.334 e. The van der Waals surface area contributed by atoms with Gasteiger partial charge < -0.3 is 15.2 Å². The van der Waals surface area contributed by atoms with Gasteiger partial charge in [-0.3, -0.25) is 4.98 Å². The van der Waals surface area contributed by atoms with Gasteiger partial charge in [0.2, 0.25) is 0 Å². The molecule has 2 atom stereocenters. The van der Waals surface area contributed by atoms with Crippen molar-refractivity contribution in [1.29, 1.82) is 0 Å². The predicted molar refractivity (Wildman–Crippen MR) is 98.4 cm³/mol. The van der Waals surface area contributed by atoms with Gasteiger partial charge in [-0.1, -0.05) is 24.3 Å². The minimum atomic E-state index is -0.173. The highest BCUT2D eigenvalue weighted by Crippen LogP contribution is 2.37.